The third-order valence-electron chi connectivity index (χ3n) is 3.89. The van der Waals surface area contributed by atoms with E-state index in [1.165, 1.54) is 19.2 Å². The summed E-state index contributed by atoms with van der Waals surface area (Å²) in [5.41, 5.74) is 1.22. The van der Waals surface area contributed by atoms with Gasteiger partial charge in [0.2, 0.25) is 5.75 Å². The second kappa shape index (κ2) is 6.76. The van der Waals surface area contributed by atoms with E-state index in [1.807, 2.05) is 12.1 Å². The summed E-state index contributed by atoms with van der Waals surface area (Å²) in [6.45, 7) is 0. The highest BCUT2D eigenvalue weighted by atomic mass is 16.5. The van der Waals surface area contributed by atoms with Crippen molar-refractivity contribution >= 4 is 11.0 Å². The van der Waals surface area contributed by atoms with Crippen LogP contribution in [-0.4, -0.2) is 33.5 Å². The van der Waals surface area contributed by atoms with Crippen molar-refractivity contribution in [3.05, 3.63) is 36.4 Å². The van der Waals surface area contributed by atoms with E-state index in [0.717, 1.165) is 5.56 Å². The number of hydrogen-bond acceptors (Lipinski definition) is 5. The lowest BCUT2D eigenvalue weighted by molar-refractivity contribution is 0.355. The molecule has 0 aliphatic carbocycles. The number of benzene rings is 2. The third kappa shape index (κ3) is 2.98. The molecule has 0 saturated heterocycles. The molecule has 6 nitrogen and oxygen atoms in total. The first-order chi connectivity index (χ1) is 12.1. The zero-order valence-corrected chi connectivity index (χ0v) is 14.5. The number of hydrogen-bond donors (Lipinski definition) is 1. The van der Waals surface area contributed by atoms with Crippen LogP contribution >= 0.6 is 0 Å². The summed E-state index contributed by atoms with van der Waals surface area (Å²) in [6.07, 6.45) is 0. The van der Waals surface area contributed by atoms with Crippen molar-refractivity contribution < 1.29 is 28.5 Å². The molecule has 1 aromatic heterocycles. The first-order valence-electron chi connectivity index (χ1n) is 7.55. The van der Waals surface area contributed by atoms with Crippen LogP contribution in [0.4, 0.5) is 0 Å². The summed E-state index contributed by atoms with van der Waals surface area (Å²) < 4.78 is 27.4. The Morgan fingerprint density at radius 1 is 0.720 bits per heavy atom. The molecule has 0 unspecified atom stereocenters. The Morgan fingerprint density at radius 3 is 2.04 bits per heavy atom. The zero-order valence-electron chi connectivity index (χ0n) is 14.5. The Hall–Kier alpha value is -3.15. The van der Waals surface area contributed by atoms with E-state index in [9.17, 15) is 5.11 Å². The van der Waals surface area contributed by atoms with Gasteiger partial charge in [0.25, 0.3) is 0 Å². The van der Waals surface area contributed by atoms with Crippen LogP contribution in [0.1, 0.15) is 0 Å². The monoisotopic (exact) mass is 343 g/mol. The van der Waals surface area contributed by atoms with Crippen molar-refractivity contribution in [3.8, 4) is 40.1 Å². The van der Waals surface area contributed by atoms with Crippen molar-refractivity contribution in [1.82, 2.24) is 0 Å². The first-order valence-corrected chi connectivity index (χ1v) is 7.55. The summed E-state index contributed by atoms with van der Waals surface area (Å²) in [4.78, 5) is 0. The van der Waals surface area contributed by atoms with Crippen LogP contribution in [0.25, 0.3) is 22.3 Å². The molecule has 1 heterocycles. The second-order valence-corrected chi connectivity index (χ2v) is 5.27. The summed E-state index contributed by atoms with van der Waals surface area (Å²) in [7, 11) is 6.24. The second-order valence-electron chi connectivity index (χ2n) is 5.27. The molecule has 1 N–H and O–H groups in total. The number of phenolic OH excluding ortho intramolecular Hbond substituents is 1. The van der Waals surface area contributed by atoms with Crippen molar-refractivity contribution in [2.24, 2.45) is 0 Å². The predicted octanol–water partition coefficient (Wildman–Crippen LogP) is 4.12. The van der Waals surface area contributed by atoms with Gasteiger partial charge in [-0.05, 0) is 12.1 Å². The number of aromatic hydroxyl groups is 1. The Bertz CT molecular complexity index is 919. The Labute approximate surface area is 145 Å². The smallest absolute Gasteiger partial charge is 0.402 e. The maximum absolute atomic E-state index is 9.87. The lowest BCUT2D eigenvalue weighted by Crippen LogP contribution is -1.93. The fourth-order valence-electron chi connectivity index (χ4n) is 2.67. The van der Waals surface area contributed by atoms with Gasteiger partial charge in [-0.3, -0.25) is 0 Å². The maximum Gasteiger partial charge on any atom is 0.402 e. The largest absolute Gasteiger partial charge is 0.507 e. The van der Waals surface area contributed by atoms with E-state index >= 15 is 0 Å². The van der Waals surface area contributed by atoms with E-state index in [4.69, 9.17) is 23.4 Å². The van der Waals surface area contributed by atoms with E-state index in [2.05, 4.69) is 0 Å². The van der Waals surface area contributed by atoms with Crippen LogP contribution in [0, 0.1) is 0 Å². The summed E-state index contributed by atoms with van der Waals surface area (Å²) in [5.74, 6) is 2.77. The number of fused-ring (bicyclic) bond motifs is 1. The van der Waals surface area contributed by atoms with Crippen molar-refractivity contribution in [3.63, 3.8) is 0 Å². The van der Waals surface area contributed by atoms with E-state index in [1.54, 1.807) is 33.5 Å². The van der Waals surface area contributed by atoms with Gasteiger partial charge in [-0.25, -0.2) is 4.42 Å². The molecule has 0 spiro atoms. The predicted molar refractivity (Wildman–Crippen MR) is 93.9 cm³/mol. The minimum atomic E-state index is 0.0523. The summed E-state index contributed by atoms with van der Waals surface area (Å²) in [5, 5.41) is 10.6. The van der Waals surface area contributed by atoms with Crippen LogP contribution in [-0.2, 0) is 0 Å². The molecule has 130 valence electrons. The number of ether oxygens (including phenoxy) is 4. The maximum atomic E-state index is 9.87. The Balaban J connectivity index is 2.25. The van der Waals surface area contributed by atoms with E-state index in [-0.39, 0.29) is 5.75 Å². The molecular formula is C19H19O6+. The van der Waals surface area contributed by atoms with Crippen LogP contribution in [0.3, 0.4) is 0 Å². The Kier molecular flexibility index (Phi) is 4.52. The third-order valence-corrected chi connectivity index (χ3v) is 3.89. The summed E-state index contributed by atoms with van der Waals surface area (Å²) in [6, 6.07) is 10.3. The van der Waals surface area contributed by atoms with Gasteiger partial charge in [-0.2, -0.15) is 0 Å². The van der Waals surface area contributed by atoms with Gasteiger partial charge in [-0.15, -0.1) is 0 Å². The van der Waals surface area contributed by atoms with Gasteiger partial charge in [-0.1, -0.05) is 0 Å². The molecule has 6 heteroatoms. The minimum absolute atomic E-state index is 0.0523. The van der Waals surface area contributed by atoms with Crippen LogP contribution in [0.2, 0.25) is 0 Å². The molecule has 0 fully saturated rings. The molecule has 3 aromatic rings. The molecule has 0 saturated carbocycles. The van der Waals surface area contributed by atoms with Gasteiger partial charge in [0.05, 0.1) is 40.1 Å². The Morgan fingerprint density at radius 2 is 1.40 bits per heavy atom. The van der Waals surface area contributed by atoms with Gasteiger partial charge < -0.3 is 24.1 Å². The van der Waals surface area contributed by atoms with Crippen LogP contribution < -0.4 is 18.9 Å². The zero-order chi connectivity index (χ0) is 18.0. The first kappa shape index (κ1) is 16.7. The fraction of sp³-hybridized carbons (Fsp3) is 0.211. The SMILES string of the molecule is COc1ccc(-c2[o+]c3cc(O)cc(OC)c3cc2OC)cc1OC. The highest BCUT2D eigenvalue weighted by Gasteiger charge is 2.26. The lowest BCUT2D eigenvalue weighted by Gasteiger charge is -2.08. The highest BCUT2D eigenvalue weighted by molar-refractivity contribution is 5.88. The topological polar surface area (TPSA) is 68.5 Å². The van der Waals surface area contributed by atoms with Crippen LogP contribution in [0.15, 0.2) is 40.8 Å². The molecule has 0 atom stereocenters. The van der Waals surface area contributed by atoms with Crippen molar-refractivity contribution in [1.29, 1.82) is 0 Å². The molecule has 0 aliphatic heterocycles. The number of methoxy groups -OCH3 is 4. The molecule has 2 aromatic carbocycles. The molecule has 0 amide bonds. The molecule has 0 aliphatic rings. The molecule has 25 heavy (non-hydrogen) atoms. The average Bonchev–Trinajstić information content (AvgIpc) is 2.65. The fourth-order valence-corrected chi connectivity index (χ4v) is 2.67. The molecule has 0 radical (unpaired) electrons. The van der Waals surface area contributed by atoms with Gasteiger partial charge in [0.1, 0.15) is 16.9 Å². The van der Waals surface area contributed by atoms with Crippen molar-refractivity contribution in [2.45, 2.75) is 0 Å². The lowest BCUT2D eigenvalue weighted by atomic mass is 10.1. The van der Waals surface area contributed by atoms with Crippen molar-refractivity contribution in [2.75, 3.05) is 28.4 Å². The molecule has 3 rings (SSSR count). The molecular weight excluding hydrogens is 324 g/mol. The van der Waals surface area contributed by atoms with Gasteiger partial charge in [0.15, 0.2) is 11.5 Å². The van der Waals surface area contributed by atoms with E-state index < -0.39 is 0 Å². The average molecular weight is 343 g/mol. The summed E-state index contributed by atoms with van der Waals surface area (Å²) >= 11 is 0. The quantitative estimate of drug-likeness (QED) is 0.703. The minimum Gasteiger partial charge on any atom is -0.507 e. The number of phenols is 1. The standard InChI is InChI=1S/C19H18O6/c1-21-14-6-5-11(7-17(14)23-3)19-18(24-4)10-13-15(22-2)8-12(20)9-16(13)25-19/h5-10H,1-4H3/p+1. The normalized spacial score (nSPS) is 10.6. The highest BCUT2D eigenvalue weighted by Crippen LogP contribution is 2.41. The van der Waals surface area contributed by atoms with Gasteiger partial charge in [0, 0.05) is 18.2 Å². The molecule has 0 bridgehead atoms. The number of rotatable bonds is 5. The van der Waals surface area contributed by atoms with Crippen LogP contribution in [0.5, 0.6) is 28.7 Å². The van der Waals surface area contributed by atoms with Gasteiger partial charge >= 0.3 is 11.3 Å². The van der Waals surface area contributed by atoms with E-state index in [0.29, 0.717) is 39.7 Å².